The molecule has 0 aliphatic rings. The summed E-state index contributed by atoms with van der Waals surface area (Å²) in [5.41, 5.74) is 1.48. The van der Waals surface area contributed by atoms with E-state index in [4.69, 9.17) is 11.6 Å². The molecule has 1 atom stereocenters. The molecule has 2 heterocycles. The van der Waals surface area contributed by atoms with Crippen molar-refractivity contribution < 1.29 is 4.39 Å². The van der Waals surface area contributed by atoms with Gasteiger partial charge in [0.2, 0.25) is 0 Å². The highest BCUT2D eigenvalue weighted by Gasteiger charge is 2.17. The lowest BCUT2D eigenvalue weighted by molar-refractivity contribution is 0.464. The van der Waals surface area contributed by atoms with Crippen LogP contribution in [0.25, 0.3) is 11.0 Å². The smallest absolute Gasteiger partial charge is 0.139 e. The van der Waals surface area contributed by atoms with Gasteiger partial charge in [-0.25, -0.2) is 14.4 Å². The molecule has 0 amide bonds. The molecule has 7 heteroatoms. The van der Waals surface area contributed by atoms with E-state index in [9.17, 15) is 4.39 Å². The van der Waals surface area contributed by atoms with Gasteiger partial charge in [0.15, 0.2) is 0 Å². The average Bonchev–Trinajstić information content (AvgIpc) is 3.06. The Kier molecular flexibility index (Phi) is 3.99. The van der Waals surface area contributed by atoms with Crippen LogP contribution in [0.15, 0.2) is 35.3 Å². The summed E-state index contributed by atoms with van der Waals surface area (Å²) < 4.78 is 18.2. The third-order valence-corrected chi connectivity index (χ3v) is 4.25. The van der Waals surface area contributed by atoms with Crippen LogP contribution in [0.5, 0.6) is 0 Å². The Bertz CT molecular complexity index is 769. The summed E-state index contributed by atoms with van der Waals surface area (Å²) >= 11 is 9.19. The molecule has 21 heavy (non-hydrogen) atoms. The predicted octanol–water partition coefficient (Wildman–Crippen LogP) is 4.13. The summed E-state index contributed by atoms with van der Waals surface area (Å²) in [7, 11) is 0. The number of hydrogen-bond acceptors (Lipinski definition) is 2. The Morgan fingerprint density at radius 3 is 2.90 bits per heavy atom. The van der Waals surface area contributed by atoms with Crippen LogP contribution in [0.2, 0.25) is 0 Å². The second-order valence-corrected chi connectivity index (χ2v) is 6.02. The number of alkyl halides is 1. The van der Waals surface area contributed by atoms with E-state index in [1.807, 2.05) is 15.3 Å². The van der Waals surface area contributed by atoms with Gasteiger partial charge in [0.05, 0.1) is 33.8 Å². The molecule has 0 aliphatic carbocycles. The first kappa shape index (κ1) is 14.5. The maximum absolute atomic E-state index is 13.8. The summed E-state index contributed by atoms with van der Waals surface area (Å²) in [6.07, 6.45) is 5.39. The van der Waals surface area contributed by atoms with Crippen molar-refractivity contribution in [1.29, 1.82) is 0 Å². The summed E-state index contributed by atoms with van der Waals surface area (Å²) in [6.45, 7) is 2.77. The molecular weight excluding hydrogens is 359 g/mol. The van der Waals surface area contributed by atoms with Gasteiger partial charge in [0, 0.05) is 25.0 Å². The van der Waals surface area contributed by atoms with E-state index >= 15 is 0 Å². The predicted molar refractivity (Wildman–Crippen MR) is 83.9 cm³/mol. The van der Waals surface area contributed by atoms with E-state index in [-0.39, 0.29) is 17.7 Å². The number of halogens is 3. The van der Waals surface area contributed by atoms with E-state index in [2.05, 4.69) is 32.8 Å². The average molecular weight is 372 g/mol. The zero-order chi connectivity index (χ0) is 15.0. The number of imidazole rings is 2. The van der Waals surface area contributed by atoms with Gasteiger partial charge in [-0.3, -0.25) is 0 Å². The maximum atomic E-state index is 13.8. The van der Waals surface area contributed by atoms with Crippen molar-refractivity contribution >= 4 is 38.6 Å². The summed E-state index contributed by atoms with van der Waals surface area (Å²) in [5.74, 6) is 0.707. The Morgan fingerprint density at radius 2 is 2.24 bits per heavy atom. The third-order valence-electron chi connectivity index (χ3n) is 3.40. The molecule has 3 aromatic rings. The quantitative estimate of drug-likeness (QED) is 0.646. The first-order chi connectivity index (χ1) is 10.1. The van der Waals surface area contributed by atoms with E-state index < -0.39 is 0 Å². The van der Waals surface area contributed by atoms with Crippen molar-refractivity contribution in [3.8, 4) is 0 Å². The van der Waals surface area contributed by atoms with Crippen LogP contribution in [0.1, 0.15) is 18.8 Å². The molecular formula is C14H13BrClFN4. The van der Waals surface area contributed by atoms with Crippen molar-refractivity contribution in [2.75, 3.05) is 0 Å². The molecule has 0 fully saturated rings. The fraction of sp³-hybridized carbons (Fsp3) is 0.286. The molecule has 0 spiro atoms. The monoisotopic (exact) mass is 370 g/mol. The van der Waals surface area contributed by atoms with Gasteiger partial charge in [-0.2, -0.15) is 0 Å². The largest absolute Gasteiger partial charge is 0.335 e. The van der Waals surface area contributed by atoms with Gasteiger partial charge in [-0.15, -0.1) is 11.6 Å². The van der Waals surface area contributed by atoms with Crippen LogP contribution in [-0.4, -0.2) is 19.1 Å². The third kappa shape index (κ3) is 2.70. The number of rotatable bonds is 4. The zero-order valence-corrected chi connectivity index (χ0v) is 13.6. The van der Waals surface area contributed by atoms with E-state index in [1.165, 1.54) is 6.07 Å². The van der Waals surface area contributed by atoms with Gasteiger partial charge in [0.1, 0.15) is 11.6 Å². The lowest BCUT2D eigenvalue weighted by Gasteiger charge is -2.17. The maximum Gasteiger partial charge on any atom is 0.139 e. The Hall–Kier alpha value is -1.40. The highest BCUT2D eigenvalue weighted by molar-refractivity contribution is 9.10. The Balaban J connectivity index is 2.09. The molecule has 2 aromatic heterocycles. The molecule has 4 nitrogen and oxygen atoms in total. The molecule has 0 aliphatic heterocycles. The topological polar surface area (TPSA) is 35.6 Å². The van der Waals surface area contributed by atoms with Gasteiger partial charge >= 0.3 is 0 Å². The van der Waals surface area contributed by atoms with Crippen LogP contribution in [0, 0.1) is 5.82 Å². The van der Waals surface area contributed by atoms with Gasteiger partial charge in [0.25, 0.3) is 0 Å². The SMILES string of the molecule is CC(Cn1ccnc1)n1c(CCl)nc2cc(Br)c(F)cc21. The van der Waals surface area contributed by atoms with Gasteiger partial charge in [-0.05, 0) is 28.9 Å². The normalized spacial score (nSPS) is 13.0. The number of nitrogens with zero attached hydrogens (tertiary/aromatic N) is 4. The second kappa shape index (κ2) is 5.77. The number of benzene rings is 1. The molecule has 0 saturated heterocycles. The van der Waals surface area contributed by atoms with Crippen LogP contribution >= 0.6 is 27.5 Å². The standard InChI is InChI=1S/C14H13BrClFN4/c1-9(7-20-3-2-18-8-20)21-13-5-11(17)10(15)4-12(13)19-14(21)6-16/h2-5,8-9H,6-7H2,1H3. The number of hydrogen-bond donors (Lipinski definition) is 0. The molecule has 0 N–H and O–H groups in total. The van der Waals surface area contributed by atoms with Crippen molar-refractivity contribution in [1.82, 2.24) is 19.1 Å². The minimum Gasteiger partial charge on any atom is -0.335 e. The molecule has 0 bridgehead atoms. The van der Waals surface area contributed by atoms with Gasteiger partial charge in [-0.1, -0.05) is 0 Å². The van der Waals surface area contributed by atoms with E-state index in [0.29, 0.717) is 11.0 Å². The fourth-order valence-corrected chi connectivity index (χ4v) is 3.03. The number of aromatic nitrogens is 4. The Morgan fingerprint density at radius 1 is 1.43 bits per heavy atom. The van der Waals surface area contributed by atoms with Crippen molar-refractivity contribution in [3.05, 3.63) is 47.0 Å². The van der Waals surface area contributed by atoms with E-state index in [1.54, 1.807) is 18.6 Å². The van der Waals surface area contributed by atoms with E-state index in [0.717, 1.165) is 16.9 Å². The Labute approximate surface area is 134 Å². The molecule has 3 rings (SSSR count). The van der Waals surface area contributed by atoms with Crippen molar-refractivity contribution in [2.45, 2.75) is 25.4 Å². The molecule has 1 unspecified atom stereocenters. The first-order valence-electron chi connectivity index (χ1n) is 6.47. The summed E-state index contributed by atoms with van der Waals surface area (Å²) in [6, 6.07) is 3.26. The van der Waals surface area contributed by atoms with Crippen LogP contribution in [0.4, 0.5) is 4.39 Å². The lowest BCUT2D eigenvalue weighted by Crippen LogP contribution is -2.14. The second-order valence-electron chi connectivity index (χ2n) is 4.90. The number of fused-ring (bicyclic) bond motifs is 1. The van der Waals surface area contributed by atoms with Crippen molar-refractivity contribution in [2.24, 2.45) is 0 Å². The fourth-order valence-electron chi connectivity index (χ4n) is 2.51. The highest BCUT2D eigenvalue weighted by atomic mass is 79.9. The summed E-state index contributed by atoms with van der Waals surface area (Å²) in [5, 5.41) is 0. The summed E-state index contributed by atoms with van der Waals surface area (Å²) in [4.78, 5) is 8.53. The minimum absolute atomic E-state index is 0.0820. The molecule has 0 radical (unpaired) electrons. The first-order valence-corrected chi connectivity index (χ1v) is 7.80. The van der Waals surface area contributed by atoms with Crippen LogP contribution in [0.3, 0.4) is 0 Å². The highest BCUT2D eigenvalue weighted by Crippen LogP contribution is 2.28. The minimum atomic E-state index is -0.306. The van der Waals surface area contributed by atoms with Gasteiger partial charge < -0.3 is 9.13 Å². The molecule has 1 aromatic carbocycles. The lowest BCUT2D eigenvalue weighted by atomic mass is 10.2. The zero-order valence-electron chi connectivity index (χ0n) is 11.3. The molecule has 0 saturated carbocycles. The van der Waals surface area contributed by atoms with Crippen LogP contribution in [-0.2, 0) is 12.4 Å². The van der Waals surface area contributed by atoms with Crippen LogP contribution < -0.4 is 0 Å². The molecule has 110 valence electrons. The van der Waals surface area contributed by atoms with Crippen molar-refractivity contribution in [3.63, 3.8) is 0 Å².